The molecule has 2 rings (SSSR count). The maximum absolute atomic E-state index is 11.8. The molecule has 1 N–H and O–H groups in total. The highest BCUT2D eigenvalue weighted by Gasteiger charge is 2.32. The number of hydrogen-bond donors (Lipinski definition) is 1. The molecule has 1 aliphatic rings. The molecule has 0 fully saturated rings. The summed E-state index contributed by atoms with van der Waals surface area (Å²) in [6.07, 6.45) is 0. The van der Waals surface area contributed by atoms with Crippen LogP contribution in [0, 0.1) is 0 Å². The van der Waals surface area contributed by atoms with Gasteiger partial charge in [-0.25, -0.2) is 0 Å². The van der Waals surface area contributed by atoms with E-state index in [2.05, 4.69) is 26.1 Å². The van der Waals surface area contributed by atoms with Gasteiger partial charge in [-0.3, -0.25) is 14.9 Å². The first-order valence-corrected chi connectivity index (χ1v) is 6.09. The Morgan fingerprint density at radius 3 is 2.05 bits per heavy atom. The summed E-state index contributed by atoms with van der Waals surface area (Å²) in [5, 5.41) is 2.23. The zero-order chi connectivity index (χ0) is 14.2. The average Bonchev–Trinajstić information content (AvgIpc) is 2.62. The highest BCUT2D eigenvalue weighted by atomic mass is 16.5. The van der Waals surface area contributed by atoms with Gasteiger partial charge in [0.05, 0.1) is 12.7 Å². The zero-order valence-corrected chi connectivity index (χ0v) is 11.5. The molecule has 0 spiro atoms. The number of carbonyl (C=O) groups excluding carboxylic acids is 2. The summed E-state index contributed by atoms with van der Waals surface area (Å²) >= 11 is 0. The Hall–Kier alpha value is -2.10. The van der Waals surface area contributed by atoms with E-state index in [1.54, 1.807) is 0 Å². The molecular weight excluding hydrogens is 242 g/mol. The van der Waals surface area contributed by atoms with Gasteiger partial charge >= 0.3 is 0 Å². The second kappa shape index (κ2) is 4.53. The molecule has 0 unspecified atom stereocenters. The highest BCUT2D eigenvalue weighted by molar-refractivity contribution is 6.35. The molecule has 0 saturated carbocycles. The van der Waals surface area contributed by atoms with Gasteiger partial charge in [0.2, 0.25) is 0 Å². The summed E-state index contributed by atoms with van der Waals surface area (Å²) in [5.41, 5.74) is 2.20. The molecule has 0 saturated heterocycles. The molecule has 19 heavy (non-hydrogen) atoms. The van der Waals surface area contributed by atoms with Gasteiger partial charge in [-0.05, 0) is 16.5 Å². The first kappa shape index (κ1) is 13.3. The molecule has 1 heterocycles. The number of benzene rings is 1. The van der Waals surface area contributed by atoms with Crippen molar-refractivity contribution in [2.45, 2.75) is 26.2 Å². The predicted octanol–water partition coefficient (Wildman–Crippen LogP) is 2.00. The van der Waals surface area contributed by atoms with Gasteiger partial charge < -0.3 is 4.74 Å². The average molecular weight is 259 g/mol. The topological polar surface area (TPSA) is 55.4 Å². The first-order chi connectivity index (χ1) is 8.84. The van der Waals surface area contributed by atoms with Crippen molar-refractivity contribution in [2.75, 3.05) is 7.11 Å². The lowest BCUT2D eigenvalue weighted by atomic mass is 9.86. The Morgan fingerprint density at radius 1 is 1.00 bits per heavy atom. The van der Waals surface area contributed by atoms with E-state index in [4.69, 9.17) is 4.74 Å². The van der Waals surface area contributed by atoms with Gasteiger partial charge in [0, 0.05) is 0 Å². The van der Waals surface area contributed by atoms with Crippen molar-refractivity contribution in [3.8, 4) is 0 Å². The van der Waals surface area contributed by atoms with Gasteiger partial charge in [0.1, 0.15) is 0 Å². The van der Waals surface area contributed by atoms with Crippen LogP contribution in [-0.4, -0.2) is 18.9 Å². The van der Waals surface area contributed by atoms with Crippen LogP contribution in [-0.2, 0) is 19.7 Å². The second-order valence-electron chi connectivity index (χ2n) is 5.52. The van der Waals surface area contributed by atoms with Crippen LogP contribution in [0.3, 0.4) is 0 Å². The monoisotopic (exact) mass is 259 g/mol. The van der Waals surface area contributed by atoms with Crippen molar-refractivity contribution in [1.82, 2.24) is 5.32 Å². The molecule has 0 radical (unpaired) electrons. The molecule has 0 atom stereocenters. The second-order valence-corrected chi connectivity index (χ2v) is 5.52. The van der Waals surface area contributed by atoms with Crippen LogP contribution in [0.25, 0.3) is 5.57 Å². The maximum Gasteiger partial charge on any atom is 0.294 e. The number of amides is 2. The molecule has 4 heteroatoms. The fourth-order valence-corrected chi connectivity index (χ4v) is 2.03. The third-order valence-corrected chi connectivity index (χ3v) is 3.13. The third-order valence-electron chi connectivity index (χ3n) is 3.13. The Kier molecular flexibility index (Phi) is 3.18. The maximum atomic E-state index is 11.8. The number of rotatable bonds is 2. The summed E-state index contributed by atoms with van der Waals surface area (Å²) in [5.74, 6) is -0.818. The predicted molar refractivity (Wildman–Crippen MR) is 72.2 cm³/mol. The van der Waals surface area contributed by atoms with E-state index in [1.807, 2.05) is 24.3 Å². The van der Waals surface area contributed by atoms with Crippen molar-refractivity contribution < 1.29 is 14.3 Å². The van der Waals surface area contributed by atoms with Gasteiger partial charge in [-0.1, -0.05) is 45.0 Å². The number of nitrogens with one attached hydrogen (secondary N) is 1. The molecule has 0 aliphatic carbocycles. The molecular formula is C15H17NO3. The lowest BCUT2D eigenvalue weighted by Crippen LogP contribution is -2.23. The fourth-order valence-electron chi connectivity index (χ4n) is 2.03. The van der Waals surface area contributed by atoms with E-state index in [-0.39, 0.29) is 11.2 Å². The van der Waals surface area contributed by atoms with Crippen LogP contribution >= 0.6 is 0 Å². The van der Waals surface area contributed by atoms with E-state index in [0.717, 1.165) is 0 Å². The van der Waals surface area contributed by atoms with Crippen LogP contribution in [0.15, 0.2) is 30.0 Å². The van der Waals surface area contributed by atoms with Gasteiger partial charge in [-0.2, -0.15) is 0 Å². The largest absolute Gasteiger partial charge is 0.490 e. The summed E-state index contributed by atoms with van der Waals surface area (Å²) in [6.45, 7) is 6.36. The van der Waals surface area contributed by atoms with Crippen molar-refractivity contribution in [3.63, 3.8) is 0 Å². The van der Waals surface area contributed by atoms with E-state index < -0.39 is 11.8 Å². The number of imide groups is 1. The number of methoxy groups -OCH3 is 1. The summed E-state index contributed by atoms with van der Waals surface area (Å²) in [7, 11) is 1.39. The standard InChI is InChI=1S/C15H17NO3/c1-15(2,3)10-7-5-9(6-8-10)11-12(19-4)14(18)16-13(11)17/h5-8H,1-4H3,(H,16,17,18). The quantitative estimate of drug-likeness (QED) is 0.826. The van der Waals surface area contributed by atoms with E-state index in [1.165, 1.54) is 12.7 Å². The number of ether oxygens (including phenoxy) is 1. The van der Waals surface area contributed by atoms with Crippen molar-refractivity contribution in [3.05, 3.63) is 41.2 Å². The van der Waals surface area contributed by atoms with Crippen LogP contribution in [0.5, 0.6) is 0 Å². The minimum absolute atomic E-state index is 0.0464. The zero-order valence-electron chi connectivity index (χ0n) is 11.5. The molecule has 0 bridgehead atoms. The van der Waals surface area contributed by atoms with Gasteiger partial charge in [0.15, 0.2) is 5.76 Å². The van der Waals surface area contributed by atoms with Gasteiger partial charge in [0.25, 0.3) is 11.8 Å². The molecule has 1 aliphatic heterocycles. The fraction of sp³-hybridized carbons (Fsp3) is 0.333. The van der Waals surface area contributed by atoms with Gasteiger partial charge in [-0.15, -0.1) is 0 Å². The Labute approximate surface area is 112 Å². The lowest BCUT2D eigenvalue weighted by molar-refractivity contribution is -0.124. The van der Waals surface area contributed by atoms with Crippen LogP contribution < -0.4 is 5.32 Å². The van der Waals surface area contributed by atoms with Crippen molar-refractivity contribution in [1.29, 1.82) is 0 Å². The Morgan fingerprint density at radius 2 is 1.58 bits per heavy atom. The van der Waals surface area contributed by atoms with Crippen LogP contribution in [0.4, 0.5) is 0 Å². The Bertz CT molecular complexity index is 562. The van der Waals surface area contributed by atoms with Crippen LogP contribution in [0.1, 0.15) is 31.9 Å². The molecule has 4 nitrogen and oxygen atoms in total. The SMILES string of the molecule is COC1=C(c2ccc(C(C)(C)C)cc2)C(=O)NC1=O. The molecule has 2 amide bonds. The molecule has 100 valence electrons. The summed E-state index contributed by atoms with van der Waals surface area (Å²) < 4.78 is 5.01. The highest BCUT2D eigenvalue weighted by Crippen LogP contribution is 2.27. The third kappa shape index (κ3) is 2.38. The molecule has 1 aromatic carbocycles. The van der Waals surface area contributed by atoms with E-state index in [0.29, 0.717) is 11.1 Å². The molecule has 0 aromatic heterocycles. The first-order valence-electron chi connectivity index (χ1n) is 6.09. The minimum Gasteiger partial charge on any atom is -0.490 e. The normalized spacial score (nSPS) is 15.8. The van der Waals surface area contributed by atoms with Crippen molar-refractivity contribution in [2.24, 2.45) is 0 Å². The number of hydrogen-bond acceptors (Lipinski definition) is 3. The van der Waals surface area contributed by atoms with Crippen LogP contribution in [0.2, 0.25) is 0 Å². The lowest BCUT2D eigenvalue weighted by Gasteiger charge is -2.19. The summed E-state index contributed by atoms with van der Waals surface area (Å²) in [4.78, 5) is 23.3. The smallest absolute Gasteiger partial charge is 0.294 e. The number of carbonyl (C=O) groups is 2. The minimum atomic E-state index is -0.484. The van der Waals surface area contributed by atoms with E-state index in [9.17, 15) is 9.59 Å². The molecule has 1 aromatic rings. The summed E-state index contributed by atoms with van der Waals surface area (Å²) in [6, 6.07) is 7.61. The van der Waals surface area contributed by atoms with Crippen molar-refractivity contribution >= 4 is 17.4 Å². The van der Waals surface area contributed by atoms with E-state index >= 15 is 0 Å². The Balaban J connectivity index is 2.45.